The largest absolute Gasteiger partial charge is 0.356 e. The van der Waals surface area contributed by atoms with E-state index in [2.05, 4.69) is 73.5 Å². The van der Waals surface area contributed by atoms with Crippen molar-refractivity contribution in [3.05, 3.63) is 92.3 Å². The van der Waals surface area contributed by atoms with E-state index in [1.165, 1.54) is 64.6 Å². The van der Waals surface area contributed by atoms with Crippen LogP contribution in [0.1, 0.15) is 117 Å². The first-order valence-electron chi connectivity index (χ1n) is 14.7. The average molecular weight is 546 g/mol. The van der Waals surface area contributed by atoms with E-state index < -0.39 is 0 Å². The van der Waals surface area contributed by atoms with Crippen molar-refractivity contribution in [2.45, 2.75) is 97.8 Å². The Balaban J connectivity index is 1.71. The standard InChI is InChI=1S/C34H44ClN3O/c1-6-22(3)33(27-14-17-29(35)18-15-27)31-21-28(25-10-8-9-11-25)13-12-26(31)16-19-30-24(5)37-38-34(30)23(4)20-32(39)36-7-2/h12-15,17-18,21,23,25H,6-11,16,19-20H2,1-5H3,(H,36,39)(H,37,38). The lowest BCUT2D eigenvalue weighted by molar-refractivity contribution is -0.121. The lowest BCUT2D eigenvalue weighted by atomic mass is 9.84. The quantitative estimate of drug-likeness (QED) is 0.253. The van der Waals surface area contributed by atoms with Crippen molar-refractivity contribution in [2.75, 3.05) is 6.54 Å². The SMILES string of the molecule is CCNC(=O)CC(C)c1n[nH]c(C)c1CCc1ccc(C2CCCC2)cc1C(=C(C)CC)c1ccc(Cl)cc1. The van der Waals surface area contributed by atoms with Gasteiger partial charge in [0.2, 0.25) is 5.91 Å². The number of allylic oxidation sites excluding steroid dienone is 1. The van der Waals surface area contributed by atoms with Gasteiger partial charge >= 0.3 is 0 Å². The minimum Gasteiger partial charge on any atom is -0.356 e. The third-order valence-electron chi connectivity index (χ3n) is 8.40. The number of benzene rings is 2. The van der Waals surface area contributed by atoms with Crippen LogP contribution in [0.15, 0.2) is 48.0 Å². The topological polar surface area (TPSA) is 57.8 Å². The highest BCUT2D eigenvalue weighted by Crippen LogP contribution is 2.39. The van der Waals surface area contributed by atoms with Gasteiger partial charge in [-0.05, 0) is 104 Å². The van der Waals surface area contributed by atoms with Crippen molar-refractivity contribution in [1.29, 1.82) is 0 Å². The fourth-order valence-electron chi connectivity index (χ4n) is 6.08. The normalized spacial score (nSPS) is 15.3. The van der Waals surface area contributed by atoms with Gasteiger partial charge in [-0.15, -0.1) is 0 Å². The zero-order valence-electron chi connectivity index (χ0n) is 24.3. The number of H-pyrrole nitrogens is 1. The van der Waals surface area contributed by atoms with Crippen LogP contribution in [0.4, 0.5) is 0 Å². The maximum Gasteiger partial charge on any atom is 0.220 e. The van der Waals surface area contributed by atoms with Crippen LogP contribution in [0.3, 0.4) is 0 Å². The molecule has 1 aliphatic carbocycles. The van der Waals surface area contributed by atoms with E-state index in [4.69, 9.17) is 11.6 Å². The molecular weight excluding hydrogens is 502 g/mol. The number of nitrogens with zero attached hydrogens (tertiary/aromatic N) is 1. The van der Waals surface area contributed by atoms with Gasteiger partial charge in [-0.25, -0.2) is 0 Å². The maximum atomic E-state index is 12.3. The molecule has 0 bridgehead atoms. The first kappa shape index (κ1) is 29.1. The Bertz CT molecular complexity index is 1300. The molecule has 1 amide bonds. The summed E-state index contributed by atoms with van der Waals surface area (Å²) in [6.45, 7) is 11.3. The van der Waals surface area contributed by atoms with Crippen molar-refractivity contribution < 1.29 is 4.79 Å². The van der Waals surface area contributed by atoms with Gasteiger partial charge in [0.05, 0.1) is 5.69 Å². The molecule has 2 aromatic carbocycles. The number of aryl methyl sites for hydroxylation is 2. The third kappa shape index (κ3) is 7.03. The Morgan fingerprint density at radius 3 is 2.49 bits per heavy atom. The summed E-state index contributed by atoms with van der Waals surface area (Å²) in [7, 11) is 0. The van der Waals surface area contributed by atoms with Gasteiger partial charge in [0.25, 0.3) is 0 Å². The predicted octanol–water partition coefficient (Wildman–Crippen LogP) is 8.68. The molecule has 1 unspecified atom stereocenters. The lowest BCUT2D eigenvalue weighted by Crippen LogP contribution is -2.24. The van der Waals surface area contributed by atoms with Crippen molar-refractivity contribution >= 4 is 23.1 Å². The number of hydrogen-bond acceptors (Lipinski definition) is 2. The van der Waals surface area contributed by atoms with E-state index in [-0.39, 0.29) is 11.8 Å². The van der Waals surface area contributed by atoms with Crippen LogP contribution in [0.5, 0.6) is 0 Å². The van der Waals surface area contributed by atoms with Gasteiger partial charge < -0.3 is 5.32 Å². The summed E-state index contributed by atoms with van der Waals surface area (Å²) in [5.74, 6) is 0.797. The van der Waals surface area contributed by atoms with Crippen molar-refractivity contribution in [3.8, 4) is 0 Å². The molecule has 0 aliphatic heterocycles. The molecule has 3 aromatic rings. The zero-order chi connectivity index (χ0) is 27.9. The number of hydrogen-bond donors (Lipinski definition) is 2. The number of nitrogens with one attached hydrogen (secondary N) is 2. The van der Waals surface area contributed by atoms with Crippen LogP contribution in [-0.2, 0) is 17.6 Å². The first-order chi connectivity index (χ1) is 18.8. The monoisotopic (exact) mass is 545 g/mol. The molecule has 0 radical (unpaired) electrons. The van der Waals surface area contributed by atoms with Gasteiger partial charge in [-0.2, -0.15) is 5.10 Å². The second-order valence-corrected chi connectivity index (χ2v) is 11.6. The average Bonchev–Trinajstić information content (AvgIpc) is 3.59. The van der Waals surface area contributed by atoms with E-state index in [1.54, 1.807) is 0 Å². The lowest BCUT2D eigenvalue weighted by Gasteiger charge is -2.20. The number of carbonyl (C=O) groups is 1. The summed E-state index contributed by atoms with van der Waals surface area (Å²) in [4.78, 5) is 12.3. The minimum atomic E-state index is 0.0626. The fourth-order valence-corrected chi connectivity index (χ4v) is 6.21. The molecule has 4 nitrogen and oxygen atoms in total. The molecule has 208 valence electrons. The second kappa shape index (κ2) is 13.5. The molecule has 1 aromatic heterocycles. The molecule has 2 N–H and O–H groups in total. The van der Waals surface area contributed by atoms with E-state index in [9.17, 15) is 4.79 Å². The van der Waals surface area contributed by atoms with Gasteiger partial charge in [-0.1, -0.05) is 74.2 Å². The first-order valence-corrected chi connectivity index (χ1v) is 15.1. The Morgan fingerprint density at radius 2 is 1.82 bits per heavy atom. The summed E-state index contributed by atoms with van der Waals surface area (Å²) >= 11 is 6.28. The number of amides is 1. The number of aromatic nitrogens is 2. The highest BCUT2D eigenvalue weighted by atomic mass is 35.5. The molecule has 1 fully saturated rings. The molecule has 4 rings (SSSR count). The van der Waals surface area contributed by atoms with Gasteiger partial charge in [0.1, 0.15) is 0 Å². The molecule has 1 aliphatic rings. The molecule has 1 heterocycles. The van der Waals surface area contributed by atoms with Crippen molar-refractivity contribution in [3.63, 3.8) is 0 Å². The van der Waals surface area contributed by atoms with E-state index in [0.29, 0.717) is 18.9 Å². The summed E-state index contributed by atoms with van der Waals surface area (Å²) < 4.78 is 0. The molecule has 5 heteroatoms. The van der Waals surface area contributed by atoms with E-state index in [0.717, 1.165) is 35.7 Å². The van der Waals surface area contributed by atoms with Crippen LogP contribution < -0.4 is 5.32 Å². The second-order valence-electron chi connectivity index (χ2n) is 11.2. The summed E-state index contributed by atoms with van der Waals surface area (Å²) in [5.41, 5.74) is 11.5. The molecule has 39 heavy (non-hydrogen) atoms. The minimum absolute atomic E-state index is 0.0626. The fraction of sp³-hybridized carbons (Fsp3) is 0.471. The number of halogens is 1. The van der Waals surface area contributed by atoms with Crippen LogP contribution in [-0.4, -0.2) is 22.6 Å². The van der Waals surface area contributed by atoms with Crippen LogP contribution in [0.2, 0.25) is 5.02 Å². The Hall–Kier alpha value is -2.85. The van der Waals surface area contributed by atoms with Crippen LogP contribution in [0.25, 0.3) is 5.57 Å². The highest BCUT2D eigenvalue weighted by Gasteiger charge is 2.22. The molecule has 1 saturated carbocycles. The van der Waals surface area contributed by atoms with E-state index in [1.807, 2.05) is 19.1 Å². The molecule has 0 spiro atoms. The zero-order valence-corrected chi connectivity index (χ0v) is 25.0. The summed E-state index contributed by atoms with van der Waals surface area (Å²) in [5, 5.41) is 11.5. The number of aromatic amines is 1. The maximum absolute atomic E-state index is 12.3. The molecule has 0 saturated heterocycles. The third-order valence-corrected chi connectivity index (χ3v) is 8.65. The van der Waals surface area contributed by atoms with Crippen molar-refractivity contribution in [1.82, 2.24) is 15.5 Å². The number of carbonyl (C=O) groups excluding carboxylic acids is 1. The van der Waals surface area contributed by atoms with Gasteiger partial charge in [0, 0.05) is 29.6 Å². The Kier molecular flexibility index (Phi) is 10.1. The van der Waals surface area contributed by atoms with Crippen LogP contribution >= 0.6 is 11.6 Å². The van der Waals surface area contributed by atoms with Gasteiger partial charge in [-0.3, -0.25) is 9.89 Å². The van der Waals surface area contributed by atoms with E-state index >= 15 is 0 Å². The van der Waals surface area contributed by atoms with Crippen molar-refractivity contribution in [2.24, 2.45) is 0 Å². The Morgan fingerprint density at radius 1 is 1.10 bits per heavy atom. The Labute approximate surface area is 239 Å². The smallest absolute Gasteiger partial charge is 0.220 e. The van der Waals surface area contributed by atoms with Crippen LogP contribution in [0, 0.1) is 6.92 Å². The molecule has 1 atom stereocenters. The van der Waals surface area contributed by atoms with Gasteiger partial charge in [0.15, 0.2) is 0 Å². The summed E-state index contributed by atoms with van der Waals surface area (Å²) in [6, 6.07) is 15.5. The predicted molar refractivity (Wildman–Crippen MR) is 164 cm³/mol. The molecular formula is C34H44ClN3O. The number of rotatable bonds is 11. The highest BCUT2D eigenvalue weighted by molar-refractivity contribution is 6.30. The summed E-state index contributed by atoms with van der Waals surface area (Å²) in [6.07, 6.45) is 8.46.